The Kier molecular flexibility index (Phi) is 11.8. The monoisotopic (exact) mass is 409 g/mol. The predicted octanol–water partition coefficient (Wildman–Crippen LogP) is 6.56. The normalized spacial score (nSPS) is 11.7. The third kappa shape index (κ3) is 10.4. The first-order chi connectivity index (χ1) is 12.0. The van der Waals surface area contributed by atoms with Crippen LogP contribution in [-0.4, -0.2) is 21.6 Å². The smallest absolute Gasteiger partial charge is 0.320 e. The number of hydrogen-bond donors (Lipinski definition) is 0. The van der Waals surface area contributed by atoms with E-state index in [9.17, 15) is 0 Å². The van der Waals surface area contributed by atoms with Gasteiger partial charge in [-0.3, -0.25) is 0 Å². The van der Waals surface area contributed by atoms with E-state index in [1.54, 1.807) is 0 Å². The molecule has 0 unspecified atom stereocenters. The van der Waals surface area contributed by atoms with Crippen LogP contribution in [0.3, 0.4) is 0 Å². The molecule has 0 amide bonds. The van der Waals surface area contributed by atoms with Crippen molar-refractivity contribution in [2.24, 2.45) is 0 Å². The first kappa shape index (κ1) is 22.7. The molecule has 0 aliphatic rings. The first-order valence-electron chi connectivity index (χ1n) is 9.42. The Hall–Kier alpha value is -0.320. The molecular formula is C18H30Cl3N3O. The van der Waals surface area contributed by atoms with E-state index in [2.05, 4.69) is 21.9 Å². The number of alkyl halides is 3. The van der Waals surface area contributed by atoms with Crippen molar-refractivity contribution < 1.29 is 4.74 Å². The fourth-order valence-electron chi connectivity index (χ4n) is 2.60. The van der Waals surface area contributed by atoms with E-state index in [1.807, 2.05) is 6.92 Å². The van der Waals surface area contributed by atoms with Crippen molar-refractivity contribution in [3.63, 3.8) is 0 Å². The third-order valence-electron chi connectivity index (χ3n) is 3.94. The molecule has 0 atom stereocenters. The van der Waals surface area contributed by atoms with Gasteiger partial charge in [-0.05, 0) is 13.3 Å². The molecule has 0 N–H and O–H groups in total. The van der Waals surface area contributed by atoms with Crippen molar-refractivity contribution >= 4 is 34.8 Å². The van der Waals surface area contributed by atoms with Crippen LogP contribution in [0.2, 0.25) is 0 Å². The lowest BCUT2D eigenvalue weighted by atomic mass is 10.1. The molecule has 4 nitrogen and oxygen atoms in total. The maximum Gasteiger partial charge on any atom is 0.320 e. The highest BCUT2D eigenvalue weighted by Crippen LogP contribution is 2.36. The average molecular weight is 411 g/mol. The Morgan fingerprint density at radius 2 is 1.32 bits per heavy atom. The van der Waals surface area contributed by atoms with Crippen LogP contribution in [0.25, 0.3) is 0 Å². The minimum absolute atomic E-state index is 0.123. The molecule has 0 radical (unpaired) electrons. The highest BCUT2D eigenvalue weighted by atomic mass is 35.6. The van der Waals surface area contributed by atoms with Crippen LogP contribution in [0.5, 0.6) is 6.01 Å². The second kappa shape index (κ2) is 12.9. The number of rotatable bonds is 13. The van der Waals surface area contributed by atoms with E-state index in [0.717, 1.165) is 19.3 Å². The molecule has 1 heterocycles. The molecule has 1 aromatic rings. The van der Waals surface area contributed by atoms with Gasteiger partial charge < -0.3 is 4.74 Å². The summed E-state index contributed by atoms with van der Waals surface area (Å²) < 4.78 is 3.68. The van der Waals surface area contributed by atoms with E-state index in [-0.39, 0.29) is 11.8 Å². The number of nitrogens with zero attached hydrogens (tertiary/aromatic N) is 3. The van der Waals surface area contributed by atoms with Crippen LogP contribution < -0.4 is 4.74 Å². The van der Waals surface area contributed by atoms with E-state index >= 15 is 0 Å². The topological polar surface area (TPSA) is 47.9 Å². The van der Waals surface area contributed by atoms with Crippen LogP contribution in [-0.2, 0) is 10.2 Å². The largest absolute Gasteiger partial charge is 0.464 e. The number of aromatic nitrogens is 3. The summed E-state index contributed by atoms with van der Waals surface area (Å²) in [5.74, 6) is 0.748. The Morgan fingerprint density at radius 3 is 1.84 bits per heavy atom. The van der Waals surface area contributed by atoms with Gasteiger partial charge in [-0.1, -0.05) is 99.5 Å². The lowest BCUT2D eigenvalue weighted by Gasteiger charge is -2.12. The Morgan fingerprint density at radius 1 is 0.760 bits per heavy atom. The highest BCUT2D eigenvalue weighted by molar-refractivity contribution is 6.66. The lowest BCUT2D eigenvalue weighted by molar-refractivity contribution is 0.308. The Balaban J connectivity index is 2.31. The number of ether oxygens (including phenoxy) is 1. The van der Waals surface area contributed by atoms with Crippen LogP contribution in [0.4, 0.5) is 0 Å². The molecule has 0 aromatic carbocycles. The van der Waals surface area contributed by atoms with E-state index in [0.29, 0.717) is 12.4 Å². The summed E-state index contributed by atoms with van der Waals surface area (Å²) in [5, 5.41) is 0. The second-order valence-electron chi connectivity index (χ2n) is 6.22. The molecule has 0 saturated carbocycles. The lowest BCUT2D eigenvalue weighted by Crippen LogP contribution is -2.13. The number of aryl methyl sites for hydroxylation is 1. The van der Waals surface area contributed by atoms with E-state index in [4.69, 9.17) is 39.5 Å². The Labute approximate surface area is 167 Å². The molecule has 0 aliphatic heterocycles. The van der Waals surface area contributed by atoms with Gasteiger partial charge in [0, 0.05) is 6.42 Å². The van der Waals surface area contributed by atoms with E-state index < -0.39 is 3.79 Å². The van der Waals surface area contributed by atoms with Gasteiger partial charge in [-0.15, -0.1) is 0 Å². The molecule has 0 saturated heterocycles. The number of halogens is 3. The van der Waals surface area contributed by atoms with Crippen molar-refractivity contribution in [1.82, 2.24) is 15.0 Å². The quantitative estimate of drug-likeness (QED) is 0.273. The first-order valence-corrected chi connectivity index (χ1v) is 10.6. The second-order valence-corrected chi connectivity index (χ2v) is 8.50. The standard InChI is InChI=1S/C18H30Cl3N3O/c1-3-5-6-7-8-9-10-11-12-13-14-15-22-16(18(19,20)21)24-17(23-15)25-4-2/h3-14H2,1-2H3. The molecule has 144 valence electrons. The molecule has 1 rings (SSSR count). The van der Waals surface area contributed by atoms with Gasteiger partial charge in [0.25, 0.3) is 0 Å². The minimum Gasteiger partial charge on any atom is -0.464 e. The zero-order valence-corrected chi connectivity index (χ0v) is 17.6. The summed E-state index contributed by atoms with van der Waals surface area (Å²) >= 11 is 17.7. The van der Waals surface area contributed by atoms with Crippen molar-refractivity contribution in [3.05, 3.63) is 11.6 Å². The predicted molar refractivity (Wildman–Crippen MR) is 106 cm³/mol. The molecule has 0 spiro atoms. The van der Waals surface area contributed by atoms with Gasteiger partial charge >= 0.3 is 6.01 Å². The maximum absolute atomic E-state index is 5.89. The molecule has 0 fully saturated rings. The van der Waals surface area contributed by atoms with Crippen LogP contribution in [0, 0.1) is 0 Å². The van der Waals surface area contributed by atoms with Gasteiger partial charge in [-0.25, -0.2) is 4.98 Å². The van der Waals surface area contributed by atoms with Crippen LogP contribution in [0.1, 0.15) is 89.7 Å². The van der Waals surface area contributed by atoms with Crippen molar-refractivity contribution in [2.75, 3.05) is 6.61 Å². The summed E-state index contributed by atoms with van der Waals surface area (Å²) in [6.07, 6.45) is 13.6. The van der Waals surface area contributed by atoms with Gasteiger partial charge in [0.05, 0.1) is 6.61 Å². The van der Waals surface area contributed by atoms with Crippen LogP contribution >= 0.6 is 34.8 Å². The SMILES string of the molecule is CCCCCCCCCCCCc1nc(OCC)nc(C(Cl)(Cl)Cl)n1. The summed E-state index contributed by atoms with van der Waals surface area (Å²) in [4.78, 5) is 12.6. The number of hydrogen-bond acceptors (Lipinski definition) is 4. The summed E-state index contributed by atoms with van der Waals surface area (Å²) in [6.45, 7) is 4.57. The average Bonchev–Trinajstić information content (AvgIpc) is 2.56. The molecule has 0 aliphatic carbocycles. The molecule has 7 heteroatoms. The van der Waals surface area contributed by atoms with Crippen molar-refractivity contribution in [3.8, 4) is 6.01 Å². The third-order valence-corrected chi connectivity index (χ3v) is 4.45. The maximum atomic E-state index is 5.89. The summed E-state index contributed by atoms with van der Waals surface area (Å²) in [6, 6.07) is 0.223. The summed E-state index contributed by atoms with van der Waals surface area (Å²) in [5.41, 5.74) is 0. The molecule has 1 aromatic heterocycles. The number of unbranched alkanes of at least 4 members (excludes halogenated alkanes) is 9. The molecular weight excluding hydrogens is 381 g/mol. The molecule has 25 heavy (non-hydrogen) atoms. The van der Waals surface area contributed by atoms with Gasteiger partial charge in [0.2, 0.25) is 3.79 Å². The Bertz CT molecular complexity index is 481. The van der Waals surface area contributed by atoms with E-state index in [1.165, 1.54) is 51.4 Å². The molecule has 0 bridgehead atoms. The minimum atomic E-state index is -1.67. The zero-order valence-electron chi connectivity index (χ0n) is 15.4. The van der Waals surface area contributed by atoms with Crippen LogP contribution in [0.15, 0.2) is 0 Å². The highest BCUT2D eigenvalue weighted by Gasteiger charge is 2.28. The van der Waals surface area contributed by atoms with Crippen molar-refractivity contribution in [2.45, 2.75) is 88.3 Å². The van der Waals surface area contributed by atoms with Crippen molar-refractivity contribution in [1.29, 1.82) is 0 Å². The van der Waals surface area contributed by atoms with Gasteiger partial charge in [0.1, 0.15) is 5.82 Å². The fourth-order valence-corrected chi connectivity index (χ4v) is 2.85. The van der Waals surface area contributed by atoms with Gasteiger partial charge in [-0.2, -0.15) is 9.97 Å². The zero-order chi connectivity index (χ0) is 18.5. The fraction of sp³-hybridized carbons (Fsp3) is 0.833. The summed E-state index contributed by atoms with van der Waals surface area (Å²) in [7, 11) is 0. The van der Waals surface area contributed by atoms with Gasteiger partial charge in [0.15, 0.2) is 5.82 Å².